The molecule has 0 fully saturated rings. The van der Waals surface area contributed by atoms with Crippen LogP contribution in [0.1, 0.15) is 27.7 Å². The minimum absolute atomic E-state index is 0.00843. The Hall–Kier alpha value is -1.63. The third kappa shape index (κ3) is 4.80. The molecule has 0 unspecified atom stereocenters. The molecule has 0 radical (unpaired) electrons. The van der Waals surface area contributed by atoms with Crippen molar-refractivity contribution in [2.45, 2.75) is 39.3 Å². The third-order valence-electron chi connectivity index (χ3n) is 3.07. The number of aromatic nitrogens is 3. The van der Waals surface area contributed by atoms with E-state index >= 15 is 0 Å². The van der Waals surface area contributed by atoms with Crippen molar-refractivity contribution in [2.24, 2.45) is 0 Å². The van der Waals surface area contributed by atoms with Gasteiger partial charge in [0, 0.05) is 19.1 Å². The zero-order valence-electron chi connectivity index (χ0n) is 13.5. The zero-order valence-corrected chi connectivity index (χ0v) is 13.5. The van der Waals surface area contributed by atoms with E-state index in [4.69, 9.17) is 4.74 Å². The molecular weight excluding hydrogens is 256 g/mol. The van der Waals surface area contributed by atoms with E-state index in [1.807, 2.05) is 27.9 Å². The number of nitrogens with one attached hydrogen (secondary N) is 2. The van der Waals surface area contributed by atoms with Crippen molar-refractivity contribution in [1.29, 1.82) is 0 Å². The molecule has 0 saturated carbocycles. The maximum atomic E-state index is 5.52. The van der Waals surface area contributed by atoms with Crippen LogP contribution in [-0.4, -0.2) is 59.2 Å². The molecule has 0 aliphatic heterocycles. The predicted molar refractivity (Wildman–Crippen MR) is 81.4 cm³/mol. The van der Waals surface area contributed by atoms with Crippen LogP contribution in [0.25, 0.3) is 0 Å². The molecule has 0 bridgehead atoms. The summed E-state index contributed by atoms with van der Waals surface area (Å²) in [7, 11) is 5.85. The lowest BCUT2D eigenvalue weighted by atomic mass is 10.1. The van der Waals surface area contributed by atoms with Crippen molar-refractivity contribution >= 4 is 11.9 Å². The van der Waals surface area contributed by atoms with Gasteiger partial charge in [-0.2, -0.15) is 15.0 Å². The van der Waals surface area contributed by atoms with Crippen molar-refractivity contribution in [1.82, 2.24) is 19.9 Å². The molecule has 0 spiro atoms. The van der Waals surface area contributed by atoms with Gasteiger partial charge in [-0.15, -0.1) is 0 Å². The van der Waals surface area contributed by atoms with E-state index in [1.165, 1.54) is 0 Å². The summed E-state index contributed by atoms with van der Waals surface area (Å²) in [5, 5.41) is 6.14. The molecule has 20 heavy (non-hydrogen) atoms. The average molecular weight is 282 g/mol. The first-order valence-corrected chi connectivity index (χ1v) is 6.76. The lowest BCUT2D eigenvalue weighted by molar-refractivity contribution is 0.209. The first-order valence-electron chi connectivity index (χ1n) is 6.76. The van der Waals surface area contributed by atoms with Gasteiger partial charge in [-0.1, -0.05) is 0 Å². The molecule has 7 heteroatoms. The van der Waals surface area contributed by atoms with E-state index in [0.29, 0.717) is 24.5 Å². The summed E-state index contributed by atoms with van der Waals surface area (Å²) in [4.78, 5) is 14.9. The lowest BCUT2D eigenvalue weighted by Gasteiger charge is -2.32. The lowest BCUT2D eigenvalue weighted by Crippen LogP contribution is -2.44. The summed E-state index contributed by atoms with van der Waals surface area (Å²) in [5.41, 5.74) is -0.00843. The number of hydrogen-bond acceptors (Lipinski definition) is 7. The molecule has 1 rings (SSSR count). The Kier molecular flexibility index (Phi) is 5.50. The largest absolute Gasteiger partial charge is 0.461 e. The highest BCUT2D eigenvalue weighted by Crippen LogP contribution is 2.15. The van der Waals surface area contributed by atoms with Crippen LogP contribution in [0.3, 0.4) is 0 Å². The second-order valence-electron chi connectivity index (χ2n) is 5.74. The van der Waals surface area contributed by atoms with E-state index in [1.54, 1.807) is 7.05 Å². The SMILES string of the molecule is CNc1nc(NCC(C)(C)N(C)C)nc(OC(C)C)n1. The molecule has 2 N–H and O–H groups in total. The number of hydrogen-bond donors (Lipinski definition) is 2. The van der Waals surface area contributed by atoms with Crippen molar-refractivity contribution in [3.63, 3.8) is 0 Å². The summed E-state index contributed by atoms with van der Waals surface area (Å²) in [6, 6.07) is 0.324. The van der Waals surface area contributed by atoms with Gasteiger partial charge in [0.15, 0.2) is 0 Å². The van der Waals surface area contributed by atoms with Crippen LogP contribution in [0.2, 0.25) is 0 Å². The quantitative estimate of drug-likeness (QED) is 0.784. The summed E-state index contributed by atoms with van der Waals surface area (Å²) in [6.45, 7) is 8.88. The van der Waals surface area contributed by atoms with E-state index in [-0.39, 0.29) is 11.6 Å². The van der Waals surface area contributed by atoms with Crippen molar-refractivity contribution in [3.8, 4) is 6.01 Å². The van der Waals surface area contributed by atoms with Crippen molar-refractivity contribution < 1.29 is 4.74 Å². The highest BCUT2D eigenvalue weighted by molar-refractivity contribution is 5.35. The molecule has 0 aliphatic carbocycles. The topological polar surface area (TPSA) is 75.2 Å². The Morgan fingerprint density at radius 3 is 2.25 bits per heavy atom. The molecule has 0 atom stereocenters. The van der Waals surface area contributed by atoms with Crippen LogP contribution in [0.4, 0.5) is 11.9 Å². The van der Waals surface area contributed by atoms with Crippen LogP contribution < -0.4 is 15.4 Å². The molecule has 7 nitrogen and oxygen atoms in total. The predicted octanol–water partition coefficient (Wildman–Crippen LogP) is 1.45. The van der Waals surface area contributed by atoms with Gasteiger partial charge < -0.3 is 20.3 Å². The minimum Gasteiger partial charge on any atom is -0.461 e. The summed E-state index contributed by atoms with van der Waals surface area (Å²) >= 11 is 0. The molecule has 0 amide bonds. The summed E-state index contributed by atoms with van der Waals surface area (Å²) in [6.07, 6.45) is 0.0215. The van der Waals surface area contributed by atoms with E-state index in [0.717, 1.165) is 0 Å². The third-order valence-corrected chi connectivity index (χ3v) is 3.07. The fourth-order valence-corrected chi connectivity index (χ4v) is 1.26. The van der Waals surface area contributed by atoms with Crippen LogP contribution in [0.15, 0.2) is 0 Å². The number of rotatable bonds is 7. The molecule has 114 valence electrons. The van der Waals surface area contributed by atoms with Crippen LogP contribution in [-0.2, 0) is 0 Å². The van der Waals surface area contributed by atoms with E-state index in [2.05, 4.69) is 44.3 Å². The van der Waals surface area contributed by atoms with E-state index in [9.17, 15) is 0 Å². The molecule has 0 aliphatic rings. The first-order chi connectivity index (χ1) is 9.24. The first kappa shape index (κ1) is 16.4. The van der Waals surface area contributed by atoms with Crippen LogP contribution in [0.5, 0.6) is 6.01 Å². The minimum atomic E-state index is -0.00843. The van der Waals surface area contributed by atoms with Gasteiger partial charge in [0.25, 0.3) is 0 Å². The maximum absolute atomic E-state index is 5.52. The van der Waals surface area contributed by atoms with Crippen LogP contribution in [0, 0.1) is 0 Å². The Bertz CT molecular complexity index is 433. The van der Waals surface area contributed by atoms with Gasteiger partial charge >= 0.3 is 6.01 Å². The second-order valence-corrected chi connectivity index (χ2v) is 5.74. The fourth-order valence-electron chi connectivity index (χ4n) is 1.26. The highest BCUT2D eigenvalue weighted by Gasteiger charge is 2.20. The zero-order chi connectivity index (χ0) is 15.3. The smallest absolute Gasteiger partial charge is 0.323 e. The molecular formula is C13H26N6O. The van der Waals surface area contributed by atoms with Gasteiger partial charge in [-0.3, -0.25) is 0 Å². The standard InChI is InChI=1S/C13H26N6O/c1-9(2)20-12-17-10(14-5)16-11(18-12)15-8-13(3,4)19(6)7/h9H,8H2,1-7H3,(H2,14,15,16,17,18). The Labute approximate surface area is 121 Å². The molecule has 1 aromatic heterocycles. The fraction of sp³-hybridized carbons (Fsp3) is 0.769. The van der Waals surface area contributed by atoms with Crippen molar-refractivity contribution in [2.75, 3.05) is 38.3 Å². The molecule has 1 heterocycles. The number of anilines is 2. The highest BCUT2D eigenvalue weighted by atomic mass is 16.5. The Balaban J connectivity index is 2.83. The van der Waals surface area contributed by atoms with Crippen molar-refractivity contribution in [3.05, 3.63) is 0 Å². The maximum Gasteiger partial charge on any atom is 0.323 e. The van der Waals surface area contributed by atoms with E-state index < -0.39 is 0 Å². The van der Waals surface area contributed by atoms with Gasteiger partial charge in [0.2, 0.25) is 11.9 Å². The number of ether oxygens (including phenoxy) is 1. The molecule has 0 saturated heterocycles. The van der Waals surface area contributed by atoms with Gasteiger partial charge in [-0.25, -0.2) is 0 Å². The summed E-state index contributed by atoms with van der Waals surface area (Å²) in [5.74, 6) is 0.996. The van der Waals surface area contributed by atoms with Gasteiger partial charge in [0.1, 0.15) is 0 Å². The Morgan fingerprint density at radius 2 is 1.75 bits per heavy atom. The summed E-state index contributed by atoms with van der Waals surface area (Å²) < 4.78 is 5.52. The molecule has 0 aromatic carbocycles. The number of likely N-dealkylation sites (N-methyl/N-ethyl adjacent to an activating group) is 1. The number of nitrogens with zero attached hydrogens (tertiary/aromatic N) is 4. The normalized spacial score (nSPS) is 11.8. The van der Waals surface area contributed by atoms with Gasteiger partial charge in [-0.05, 0) is 41.8 Å². The Morgan fingerprint density at radius 1 is 1.15 bits per heavy atom. The van der Waals surface area contributed by atoms with Crippen LogP contribution >= 0.6 is 0 Å². The molecule has 1 aromatic rings. The average Bonchev–Trinajstić information content (AvgIpc) is 2.35. The monoisotopic (exact) mass is 282 g/mol. The van der Waals surface area contributed by atoms with Gasteiger partial charge in [0.05, 0.1) is 6.10 Å². The second kappa shape index (κ2) is 6.69.